The van der Waals surface area contributed by atoms with Gasteiger partial charge in [-0.1, -0.05) is 44.2 Å². The summed E-state index contributed by atoms with van der Waals surface area (Å²) in [4.78, 5) is 7.96. The first-order valence-electron chi connectivity index (χ1n) is 6.34. The van der Waals surface area contributed by atoms with Crippen LogP contribution in [0.25, 0.3) is 0 Å². The minimum atomic E-state index is 0.856. The lowest BCUT2D eigenvalue weighted by atomic mass is 10.2. The molecule has 2 nitrogen and oxygen atoms in total. The summed E-state index contributed by atoms with van der Waals surface area (Å²) in [6, 6.07) is 10.1. The Labute approximate surface area is 107 Å². The van der Waals surface area contributed by atoms with E-state index in [0.29, 0.717) is 0 Å². The van der Waals surface area contributed by atoms with Gasteiger partial charge < -0.3 is 0 Å². The molecule has 0 bridgehead atoms. The number of rotatable bonds is 3. The zero-order valence-corrected chi connectivity index (χ0v) is 11.9. The molecule has 0 fully saturated rings. The normalized spacial score (nSPS) is 9.47. The van der Waals surface area contributed by atoms with Gasteiger partial charge in [-0.25, -0.2) is 0 Å². The molecule has 0 aliphatic heterocycles. The Kier molecular flexibility index (Phi) is 17.9. The summed E-state index contributed by atoms with van der Waals surface area (Å²) >= 11 is 0. The van der Waals surface area contributed by atoms with Crippen LogP contribution in [0, 0.1) is 0 Å². The minimum Gasteiger partial charge on any atom is -0.298 e. The third kappa shape index (κ3) is 14.6. The number of benzene rings is 1. The Bertz CT molecular complexity index is 276. The van der Waals surface area contributed by atoms with E-state index in [4.69, 9.17) is 0 Å². The Morgan fingerprint density at radius 1 is 0.941 bits per heavy atom. The molecule has 1 aromatic carbocycles. The Morgan fingerprint density at radius 3 is 1.82 bits per heavy atom. The minimum absolute atomic E-state index is 0.856. The van der Waals surface area contributed by atoms with Gasteiger partial charge in [0.1, 0.15) is 0 Å². The predicted molar refractivity (Wildman–Crippen MR) is 80.6 cm³/mol. The molecular weight excluding hydrogens is 208 g/mol. The maximum atomic E-state index is 4.12. The van der Waals surface area contributed by atoms with Crippen molar-refractivity contribution in [1.82, 2.24) is 0 Å². The standard InChI is InChI=1S/C9H11N.C4H9N.C2H6/c1-2-10-8-9-6-4-3-5-7-9;1-3-5-4-2;1-2/h3-8H,2H2,1H3;3H,4H2,1-2H3;1-2H3. The topological polar surface area (TPSA) is 24.7 Å². The van der Waals surface area contributed by atoms with Gasteiger partial charge in [-0.15, -0.1) is 0 Å². The fourth-order valence-corrected chi connectivity index (χ4v) is 0.918. The maximum absolute atomic E-state index is 4.12. The molecule has 0 amide bonds. The number of hydrogen-bond donors (Lipinski definition) is 0. The fourth-order valence-electron chi connectivity index (χ4n) is 0.918. The van der Waals surface area contributed by atoms with Crippen molar-refractivity contribution in [2.75, 3.05) is 13.1 Å². The quantitative estimate of drug-likeness (QED) is 0.699. The molecule has 0 spiro atoms. The van der Waals surface area contributed by atoms with E-state index >= 15 is 0 Å². The summed E-state index contributed by atoms with van der Waals surface area (Å²) in [7, 11) is 0. The highest BCUT2D eigenvalue weighted by Crippen LogP contribution is 1.93. The SMILES string of the molecule is CC.CC=NCC.CCN=Cc1ccccc1. The molecule has 0 saturated heterocycles. The van der Waals surface area contributed by atoms with Crippen LogP contribution in [0.5, 0.6) is 0 Å². The highest BCUT2D eigenvalue weighted by Gasteiger charge is 1.80. The lowest BCUT2D eigenvalue weighted by Gasteiger charge is -1.87. The molecule has 96 valence electrons. The van der Waals surface area contributed by atoms with E-state index in [1.807, 2.05) is 71.2 Å². The molecule has 0 aliphatic carbocycles. The number of hydrogen-bond acceptors (Lipinski definition) is 2. The first-order valence-corrected chi connectivity index (χ1v) is 6.34. The average Bonchev–Trinajstić information content (AvgIpc) is 2.41. The number of nitrogens with zero attached hydrogens (tertiary/aromatic N) is 2. The van der Waals surface area contributed by atoms with Gasteiger partial charge in [0, 0.05) is 19.3 Å². The first-order chi connectivity index (χ1) is 8.35. The molecule has 0 aromatic heterocycles. The van der Waals surface area contributed by atoms with E-state index in [-0.39, 0.29) is 0 Å². The summed E-state index contributed by atoms with van der Waals surface area (Å²) < 4.78 is 0. The van der Waals surface area contributed by atoms with Gasteiger partial charge in [0.2, 0.25) is 0 Å². The van der Waals surface area contributed by atoms with Crippen molar-refractivity contribution < 1.29 is 0 Å². The van der Waals surface area contributed by atoms with E-state index in [0.717, 1.165) is 13.1 Å². The molecule has 17 heavy (non-hydrogen) atoms. The van der Waals surface area contributed by atoms with Crippen LogP contribution in [0.1, 0.15) is 40.2 Å². The molecule has 1 rings (SSSR count). The van der Waals surface area contributed by atoms with Crippen LogP contribution < -0.4 is 0 Å². The van der Waals surface area contributed by atoms with Gasteiger partial charge in [-0.05, 0) is 32.5 Å². The van der Waals surface area contributed by atoms with E-state index in [9.17, 15) is 0 Å². The summed E-state index contributed by atoms with van der Waals surface area (Å²) in [6.45, 7) is 11.7. The molecule has 1 aromatic rings. The molecule has 0 N–H and O–H groups in total. The smallest absolute Gasteiger partial charge is 0.0361 e. The van der Waals surface area contributed by atoms with Crippen LogP contribution in [-0.4, -0.2) is 25.5 Å². The predicted octanol–water partition coefficient (Wildman–Crippen LogP) is 4.25. The second-order valence-electron chi connectivity index (χ2n) is 2.80. The van der Waals surface area contributed by atoms with Crippen LogP contribution in [-0.2, 0) is 0 Å². The van der Waals surface area contributed by atoms with Crippen LogP contribution in [0.15, 0.2) is 40.3 Å². The Morgan fingerprint density at radius 2 is 1.47 bits per heavy atom. The molecule has 0 saturated carbocycles. The zero-order valence-electron chi connectivity index (χ0n) is 11.9. The van der Waals surface area contributed by atoms with Crippen LogP contribution in [0.3, 0.4) is 0 Å². The third-order valence-electron chi connectivity index (χ3n) is 1.59. The van der Waals surface area contributed by atoms with Gasteiger partial charge >= 0.3 is 0 Å². The average molecular weight is 234 g/mol. The third-order valence-corrected chi connectivity index (χ3v) is 1.59. The lowest BCUT2D eigenvalue weighted by Crippen LogP contribution is -1.78. The van der Waals surface area contributed by atoms with Gasteiger partial charge in [0.05, 0.1) is 0 Å². The molecule has 2 heteroatoms. The van der Waals surface area contributed by atoms with Crippen molar-refractivity contribution in [3.05, 3.63) is 35.9 Å². The van der Waals surface area contributed by atoms with Crippen molar-refractivity contribution in [2.24, 2.45) is 9.98 Å². The van der Waals surface area contributed by atoms with Crippen LogP contribution >= 0.6 is 0 Å². The van der Waals surface area contributed by atoms with E-state index in [2.05, 4.69) is 9.98 Å². The Balaban J connectivity index is 0. The van der Waals surface area contributed by atoms with E-state index < -0.39 is 0 Å². The molecule has 0 heterocycles. The van der Waals surface area contributed by atoms with Gasteiger partial charge in [-0.3, -0.25) is 9.98 Å². The second-order valence-corrected chi connectivity index (χ2v) is 2.80. The van der Waals surface area contributed by atoms with Crippen molar-refractivity contribution in [3.63, 3.8) is 0 Å². The second kappa shape index (κ2) is 17.0. The lowest BCUT2D eigenvalue weighted by molar-refractivity contribution is 1.14. The first kappa shape index (κ1) is 17.9. The number of aliphatic imine (C=N–C) groups is 2. The van der Waals surface area contributed by atoms with Crippen LogP contribution in [0.4, 0.5) is 0 Å². The zero-order chi connectivity index (χ0) is 13.4. The van der Waals surface area contributed by atoms with Crippen molar-refractivity contribution in [2.45, 2.75) is 34.6 Å². The molecule has 0 radical (unpaired) electrons. The van der Waals surface area contributed by atoms with Gasteiger partial charge in [0.25, 0.3) is 0 Å². The van der Waals surface area contributed by atoms with Crippen LogP contribution in [0.2, 0.25) is 0 Å². The molecule has 0 atom stereocenters. The monoisotopic (exact) mass is 234 g/mol. The Hall–Kier alpha value is -1.44. The fraction of sp³-hybridized carbons (Fsp3) is 0.467. The largest absolute Gasteiger partial charge is 0.298 e. The van der Waals surface area contributed by atoms with Crippen molar-refractivity contribution in [1.29, 1.82) is 0 Å². The van der Waals surface area contributed by atoms with Crippen molar-refractivity contribution >= 4 is 12.4 Å². The van der Waals surface area contributed by atoms with E-state index in [1.54, 1.807) is 6.21 Å². The highest BCUT2D eigenvalue weighted by molar-refractivity contribution is 5.79. The summed E-state index contributed by atoms with van der Waals surface area (Å²) in [5.41, 5.74) is 1.17. The molecular formula is C15H26N2. The summed E-state index contributed by atoms with van der Waals surface area (Å²) in [5.74, 6) is 0. The highest BCUT2D eigenvalue weighted by atomic mass is 14.7. The maximum Gasteiger partial charge on any atom is 0.0361 e. The van der Waals surface area contributed by atoms with Gasteiger partial charge in [0.15, 0.2) is 0 Å². The molecule has 0 unspecified atom stereocenters. The summed E-state index contributed by atoms with van der Waals surface area (Å²) in [6.07, 6.45) is 3.69. The van der Waals surface area contributed by atoms with Crippen molar-refractivity contribution in [3.8, 4) is 0 Å². The van der Waals surface area contributed by atoms with E-state index in [1.165, 1.54) is 5.56 Å². The summed E-state index contributed by atoms with van der Waals surface area (Å²) in [5, 5.41) is 0. The van der Waals surface area contributed by atoms with Gasteiger partial charge in [-0.2, -0.15) is 0 Å². The molecule has 0 aliphatic rings.